The van der Waals surface area contributed by atoms with Gasteiger partial charge in [0.25, 0.3) is 15.9 Å². The number of para-hydroxylation sites is 1. The van der Waals surface area contributed by atoms with E-state index in [0.29, 0.717) is 43.2 Å². The average molecular weight is 476 g/mol. The fraction of sp³-hybridized carbons (Fsp3) is 0.192. The van der Waals surface area contributed by atoms with E-state index in [1.165, 1.54) is 0 Å². The van der Waals surface area contributed by atoms with Crippen molar-refractivity contribution in [2.75, 3.05) is 35.8 Å². The normalized spacial score (nSPS) is 14.4. The van der Waals surface area contributed by atoms with Crippen LogP contribution < -0.4 is 9.62 Å². The van der Waals surface area contributed by atoms with Gasteiger partial charge in [0.2, 0.25) is 0 Å². The molecular weight excluding hydrogens is 450 g/mol. The number of aryl methyl sites for hydroxylation is 1. The van der Waals surface area contributed by atoms with Crippen molar-refractivity contribution < 1.29 is 17.6 Å². The number of nitrogens with zero attached hydrogens (tertiary/aromatic N) is 2. The summed E-state index contributed by atoms with van der Waals surface area (Å²) < 4.78 is 33.6. The lowest BCUT2D eigenvalue weighted by Crippen LogP contribution is -2.48. The van der Waals surface area contributed by atoms with Gasteiger partial charge in [0.05, 0.1) is 4.90 Å². The van der Waals surface area contributed by atoms with Crippen LogP contribution in [0.5, 0.6) is 0 Å². The van der Waals surface area contributed by atoms with Crippen molar-refractivity contribution in [2.24, 2.45) is 0 Å². The number of furan rings is 1. The minimum atomic E-state index is -3.64. The summed E-state index contributed by atoms with van der Waals surface area (Å²) in [6.07, 6.45) is 0. The fourth-order valence-corrected chi connectivity index (χ4v) is 5.14. The molecule has 1 aliphatic heterocycles. The first kappa shape index (κ1) is 22.0. The second kappa shape index (κ2) is 8.87. The molecule has 0 unspecified atom stereocenters. The summed E-state index contributed by atoms with van der Waals surface area (Å²) >= 11 is 0. The molecule has 5 rings (SSSR count). The zero-order valence-electron chi connectivity index (χ0n) is 18.8. The molecule has 1 N–H and O–H groups in total. The lowest BCUT2D eigenvalue weighted by Gasteiger charge is -2.35. The van der Waals surface area contributed by atoms with Crippen LogP contribution in [0.25, 0.3) is 11.0 Å². The summed E-state index contributed by atoms with van der Waals surface area (Å²) in [4.78, 5) is 17.1. The Balaban J connectivity index is 1.20. The Morgan fingerprint density at radius 1 is 0.882 bits per heavy atom. The highest BCUT2D eigenvalue weighted by Gasteiger charge is 2.25. The van der Waals surface area contributed by atoms with E-state index in [0.717, 1.165) is 16.6 Å². The third-order valence-electron chi connectivity index (χ3n) is 6.02. The van der Waals surface area contributed by atoms with Gasteiger partial charge in [-0.25, -0.2) is 8.42 Å². The maximum atomic E-state index is 12.9. The van der Waals surface area contributed by atoms with E-state index >= 15 is 0 Å². The van der Waals surface area contributed by atoms with E-state index in [2.05, 4.69) is 9.62 Å². The lowest BCUT2D eigenvalue weighted by atomic mass is 10.2. The van der Waals surface area contributed by atoms with Gasteiger partial charge in [-0.1, -0.05) is 35.9 Å². The van der Waals surface area contributed by atoms with Gasteiger partial charge in [-0.05, 0) is 55.5 Å². The van der Waals surface area contributed by atoms with Crippen molar-refractivity contribution in [2.45, 2.75) is 11.8 Å². The summed E-state index contributed by atoms with van der Waals surface area (Å²) in [5.74, 6) is 0.261. The van der Waals surface area contributed by atoms with Gasteiger partial charge in [-0.2, -0.15) is 0 Å². The average Bonchev–Trinajstić information content (AvgIpc) is 3.29. The molecule has 0 bridgehead atoms. The molecule has 7 nitrogen and oxygen atoms in total. The molecule has 8 heteroatoms. The van der Waals surface area contributed by atoms with Crippen LogP contribution in [-0.2, 0) is 10.0 Å². The molecule has 0 saturated carbocycles. The van der Waals surface area contributed by atoms with Gasteiger partial charge in [0.1, 0.15) is 5.58 Å². The highest BCUT2D eigenvalue weighted by Crippen LogP contribution is 2.24. The Labute approximate surface area is 198 Å². The lowest BCUT2D eigenvalue weighted by molar-refractivity contribution is 0.0717. The number of sulfonamides is 1. The number of fused-ring (bicyclic) bond motifs is 1. The van der Waals surface area contributed by atoms with Crippen molar-refractivity contribution in [1.29, 1.82) is 0 Å². The first-order valence-corrected chi connectivity index (χ1v) is 12.6. The molecule has 0 aliphatic carbocycles. The SMILES string of the molecule is Cc1ccc(S(=O)(=O)Nc2ccc(N3CCN(C(=O)c4cc5ccccc5o4)CC3)cc2)cc1. The number of rotatable bonds is 5. The van der Waals surface area contributed by atoms with Crippen molar-refractivity contribution >= 4 is 38.3 Å². The fourth-order valence-electron chi connectivity index (χ4n) is 4.08. The third-order valence-corrected chi connectivity index (χ3v) is 7.42. The maximum Gasteiger partial charge on any atom is 0.289 e. The van der Waals surface area contributed by atoms with E-state index in [-0.39, 0.29) is 10.8 Å². The third kappa shape index (κ3) is 4.49. The van der Waals surface area contributed by atoms with Crippen molar-refractivity contribution in [3.8, 4) is 0 Å². The number of benzene rings is 3. The van der Waals surface area contributed by atoms with Gasteiger partial charge >= 0.3 is 0 Å². The molecule has 0 atom stereocenters. The highest BCUT2D eigenvalue weighted by molar-refractivity contribution is 7.92. The number of piperazine rings is 1. The quantitative estimate of drug-likeness (QED) is 0.459. The Bertz CT molecular complexity index is 1390. The monoisotopic (exact) mass is 475 g/mol. The minimum absolute atomic E-state index is 0.100. The Morgan fingerprint density at radius 2 is 1.56 bits per heavy atom. The van der Waals surface area contributed by atoms with E-state index in [1.807, 2.05) is 43.3 Å². The van der Waals surface area contributed by atoms with Gasteiger partial charge in [0, 0.05) is 42.9 Å². The molecular formula is C26H25N3O4S. The molecule has 3 aromatic carbocycles. The largest absolute Gasteiger partial charge is 0.451 e. The van der Waals surface area contributed by atoms with Crippen LogP contribution in [0.2, 0.25) is 0 Å². The number of amides is 1. The van der Waals surface area contributed by atoms with E-state index in [1.54, 1.807) is 47.4 Å². The number of hydrogen-bond acceptors (Lipinski definition) is 5. The van der Waals surface area contributed by atoms with Gasteiger partial charge in [-0.3, -0.25) is 9.52 Å². The Morgan fingerprint density at radius 3 is 2.24 bits per heavy atom. The predicted octanol–water partition coefficient (Wildman–Crippen LogP) is 4.50. The van der Waals surface area contributed by atoms with Crippen LogP contribution >= 0.6 is 0 Å². The molecule has 4 aromatic rings. The molecule has 174 valence electrons. The van der Waals surface area contributed by atoms with Crippen LogP contribution in [0, 0.1) is 6.92 Å². The van der Waals surface area contributed by atoms with Crippen molar-refractivity contribution in [1.82, 2.24) is 4.90 Å². The summed E-state index contributed by atoms with van der Waals surface area (Å²) in [6.45, 7) is 4.44. The molecule has 34 heavy (non-hydrogen) atoms. The van der Waals surface area contributed by atoms with Crippen LogP contribution in [0.1, 0.15) is 16.1 Å². The zero-order valence-corrected chi connectivity index (χ0v) is 19.6. The van der Waals surface area contributed by atoms with Crippen LogP contribution in [-0.4, -0.2) is 45.4 Å². The molecule has 1 aromatic heterocycles. The summed E-state index contributed by atoms with van der Waals surface area (Å²) in [5.41, 5.74) is 3.20. The first-order valence-electron chi connectivity index (χ1n) is 11.1. The number of anilines is 2. The first-order chi connectivity index (χ1) is 16.4. The Kier molecular flexibility index (Phi) is 5.75. The molecule has 2 heterocycles. The van der Waals surface area contributed by atoms with Crippen molar-refractivity contribution in [3.63, 3.8) is 0 Å². The number of nitrogens with one attached hydrogen (secondary N) is 1. The standard InChI is InChI=1S/C26H25N3O4S/c1-19-6-12-23(13-7-19)34(31,32)27-21-8-10-22(11-9-21)28-14-16-29(17-15-28)26(30)25-18-20-4-2-3-5-24(20)33-25/h2-13,18,27H,14-17H2,1H3. The molecule has 0 radical (unpaired) electrons. The van der Waals surface area contributed by atoms with E-state index in [9.17, 15) is 13.2 Å². The molecule has 0 spiro atoms. The smallest absolute Gasteiger partial charge is 0.289 e. The summed E-state index contributed by atoms with van der Waals surface area (Å²) in [6, 6.07) is 23.4. The van der Waals surface area contributed by atoms with Gasteiger partial charge in [-0.15, -0.1) is 0 Å². The topological polar surface area (TPSA) is 82.9 Å². The second-order valence-electron chi connectivity index (χ2n) is 8.39. The molecule has 1 fully saturated rings. The van der Waals surface area contributed by atoms with Crippen LogP contribution in [0.3, 0.4) is 0 Å². The highest BCUT2D eigenvalue weighted by atomic mass is 32.2. The number of carbonyl (C=O) groups is 1. The summed E-state index contributed by atoms with van der Waals surface area (Å²) in [5, 5.41) is 0.919. The van der Waals surface area contributed by atoms with E-state index < -0.39 is 10.0 Å². The predicted molar refractivity (Wildman–Crippen MR) is 133 cm³/mol. The van der Waals surface area contributed by atoms with E-state index in [4.69, 9.17) is 4.42 Å². The number of hydrogen-bond donors (Lipinski definition) is 1. The van der Waals surface area contributed by atoms with Gasteiger partial charge < -0.3 is 14.2 Å². The maximum absolute atomic E-state index is 12.9. The Hall–Kier alpha value is -3.78. The van der Waals surface area contributed by atoms with Crippen LogP contribution in [0.15, 0.2) is 88.2 Å². The molecule has 1 aliphatic rings. The second-order valence-corrected chi connectivity index (χ2v) is 10.1. The zero-order chi connectivity index (χ0) is 23.7. The molecule has 1 saturated heterocycles. The van der Waals surface area contributed by atoms with Crippen molar-refractivity contribution in [3.05, 3.63) is 90.2 Å². The van der Waals surface area contributed by atoms with Crippen LogP contribution in [0.4, 0.5) is 11.4 Å². The summed E-state index contributed by atoms with van der Waals surface area (Å²) in [7, 11) is -3.64. The van der Waals surface area contributed by atoms with Gasteiger partial charge in [0.15, 0.2) is 5.76 Å². The minimum Gasteiger partial charge on any atom is -0.451 e. The molecule has 1 amide bonds. The number of carbonyl (C=O) groups excluding carboxylic acids is 1.